The van der Waals surface area contributed by atoms with Crippen LogP contribution in [0.25, 0.3) is 22.4 Å². The summed E-state index contributed by atoms with van der Waals surface area (Å²) in [5, 5.41) is 10.0. The summed E-state index contributed by atoms with van der Waals surface area (Å²) in [4.78, 5) is 23.6. The molecule has 4 aromatic rings. The van der Waals surface area contributed by atoms with Crippen LogP contribution in [0.5, 0.6) is 5.75 Å². The molecule has 0 unspecified atom stereocenters. The molecule has 2 heterocycles. The molecule has 2 N–H and O–H groups in total. The largest absolute Gasteiger partial charge is 0.506 e. The third-order valence-corrected chi connectivity index (χ3v) is 6.75. The molecule has 0 fully saturated rings. The normalized spacial score (nSPS) is 13.7. The SMILES string of the molecule is CS(=O)(=O)Nc1cc(N2CCc3nc(-c4ccc(C(F)(F)F)cc4-c4ccccc4)cnc3C2=O)ccc1O. The smallest absolute Gasteiger partial charge is 0.416 e. The number of carbonyl (C=O) groups excluding carboxylic acids is 1. The van der Waals surface area contributed by atoms with E-state index in [0.29, 0.717) is 40.2 Å². The number of anilines is 2. The van der Waals surface area contributed by atoms with Gasteiger partial charge in [0.15, 0.2) is 0 Å². The molecule has 5 rings (SSSR count). The van der Waals surface area contributed by atoms with E-state index in [0.717, 1.165) is 18.4 Å². The number of fused-ring (bicyclic) bond motifs is 1. The van der Waals surface area contributed by atoms with Crippen LogP contribution in [0.2, 0.25) is 0 Å². The van der Waals surface area contributed by atoms with Crippen molar-refractivity contribution in [2.45, 2.75) is 12.6 Å². The van der Waals surface area contributed by atoms with Gasteiger partial charge in [-0.15, -0.1) is 0 Å². The number of benzene rings is 3. The van der Waals surface area contributed by atoms with Crippen LogP contribution in [-0.2, 0) is 22.6 Å². The number of aromatic hydroxyl groups is 1. The molecule has 0 bridgehead atoms. The van der Waals surface area contributed by atoms with Crippen LogP contribution in [0.3, 0.4) is 0 Å². The Hall–Kier alpha value is -4.45. The summed E-state index contributed by atoms with van der Waals surface area (Å²) in [7, 11) is -3.67. The third kappa shape index (κ3) is 5.41. The summed E-state index contributed by atoms with van der Waals surface area (Å²) in [6.07, 6.45) is -1.94. The molecule has 0 radical (unpaired) electrons. The van der Waals surface area contributed by atoms with Crippen molar-refractivity contribution < 1.29 is 31.5 Å². The van der Waals surface area contributed by atoms with Crippen molar-refractivity contribution in [2.75, 3.05) is 22.4 Å². The highest BCUT2D eigenvalue weighted by Crippen LogP contribution is 2.38. The number of hydrogen-bond acceptors (Lipinski definition) is 6. The third-order valence-electron chi connectivity index (χ3n) is 6.16. The lowest BCUT2D eigenvalue weighted by atomic mass is 9.95. The van der Waals surface area contributed by atoms with Gasteiger partial charge in [0.1, 0.15) is 11.4 Å². The molecule has 1 aliphatic rings. The van der Waals surface area contributed by atoms with E-state index >= 15 is 0 Å². The first-order valence-electron chi connectivity index (χ1n) is 11.7. The van der Waals surface area contributed by atoms with Crippen molar-refractivity contribution in [3.63, 3.8) is 0 Å². The molecule has 39 heavy (non-hydrogen) atoms. The second kappa shape index (κ2) is 9.70. The summed E-state index contributed by atoms with van der Waals surface area (Å²) in [6.45, 7) is 0.186. The molecule has 0 saturated heterocycles. The predicted molar refractivity (Wildman–Crippen MR) is 140 cm³/mol. The van der Waals surface area contributed by atoms with Crippen molar-refractivity contribution in [3.05, 3.63) is 89.9 Å². The van der Waals surface area contributed by atoms with E-state index in [1.807, 2.05) is 0 Å². The molecule has 3 aromatic carbocycles. The molecule has 12 heteroatoms. The number of phenols is 1. The van der Waals surface area contributed by atoms with E-state index < -0.39 is 27.7 Å². The monoisotopic (exact) mass is 554 g/mol. The van der Waals surface area contributed by atoms with Gasteiger partial charge in [0.05, 0.1) is 35.1 Å². The molecule has 0 saturated carbocycles. The quantitative estimate of drug-likeness (QED) is 0.332. The molecule has 1 amide bonds. The van der Waals surface area contributed by atoms with Gasteiger partial charge < -0.3 is 10.0 Å². The number of rotatable bonds is 5. The minimum Gasteiger partial charge on any atom is -0.506 e. The summed E-state index contributed by atoms with van der Waals surface area (Å²) < 4.78 is 65.9. The topological polar surface area (TPSA) is 112 Å². The zero-order valence-electron chi connectivity index (χ0n) is 20.4. The first-order valence-corrected chi connectivity index (χ1v) is 13.6. The summed E-state index contributed by atoms with van der Waals surface area (Å²) in [6, 6.07) is 16.1. The number of alkyl halides is 3. The average Bonchev–Trinajstić information content (AvgIpc) is 2.89. The molecule has 0 atom stereocenters. The fourth-order valence-corrected chi connectivity index (χ4v) is 4.94. The minimum atomic E-state index is -4.52. The van der Waals surface area contributed by atoms with Crippen molar-refractivity contribution in [2.24, 2.45) is 0 Å². The summed E-state index contributed by atoms with van der Waals surface area (Å²) in [5.74, 6) is -0.786. The number of phenolic OH excluding ortho intramolecular Hbond substituents is 1. The number of nitrogens with zero attached hydrogens (tertiary/aromatic N) is 3. The standard InChI is InChI=1S/C27H21F3N4O4S/c1-39(37,38)33-22-14-18(8-10-24(22)35)34-12-11-21-25(26(34)36)31-15-23(32-21)19-9-7-17(27(28,29)30)13-20(19)16-5-3-2-4-6-16/h2-10,13-15,33,35H,11-12H2,1H3. The Labute approximate surface area is 221 Å². The maximum absolute atomic E-state index is 13.5. The molecular formula is C27H21F3N4O4S. The number of hydrogen-bond donors (Lipinski definition) is 2. The zero-order chi connectivity index (χ0) is 27.9. The number of carbonyl (C=O) groups is 1. The molecule has 0 spiro atoms. The molecular weight excluding hydrogens is 533 g/mol. The Kier molecular flexibility index (Phi) is 6.51. The van der Waals surface area contributed by atoms with Gasteiger partial charge in [0.2, 0.25) is 10.0 Å². The lowest BCUT2D eigenvalue weighted by Gasteiger charge is -2.28. The maximum atomic E-state index is 13.5. The summed E-state index contributed by atoms with van der Waals surface area (Å²) in [5.41, 5.74) is 1.61. The Bertz CT molecular complexity index is 1690. The number of halogens is 3. The second-order valence-electron chi connectivity index (χ2n) is 8.96. The highest BCUT2D eigenvalue weighted by Gasteiger charge is 2.32. The van der Waals surface area contributed by atoms with Gasteiger partial charge >= 0.3 is 6.18 Å². The minimum absolute atomic E-state index is 0.0730. The predicted octanol–water partition coefficient (Wildman–Crippen LogP) is 5.11. The van der Waals surface area contributed by atoms with Crippen LogP contribution in [0.1, 0.15) is 21.7 Å². The first-order chi connectivity index (χ1) is 18.4. The van der Waals surface area contributed by atoms with Crippen LogP contribution in [0.15, 0.2) is 72.9 Å². The Morgan fingerprint density at radius 3 is 2.44 bits per heavy atom. The summed E-state index contributed by atoms with van der Waals surface area (Å²) >= 11 is 0. The van der Waals surface area contributed by atoms with Crippen LogP contribution in [-0.4, -0.2) is 42.2 Å². The highest BCUT2D eigenvalue weighted by molar-refractivity contribution is 7.92. The van der Waals surface area contributed by atoms with Crippen LogP contribution in [0, 0.1) is 0 Å². The van der Waals surface area contributed by atoms with Gasteiger partial charge in [-0.1, -0.05) is 36.4 Å². The second-order valence-corrected chi connectivity index (χ2v) is 10.7. The van der Waals surface area contributed by atoms with Gasteiger partial charge in [0, 0.05) is 24.2 Å². The van der Waals surface area contributed by atoms with E-state index in [9.17, 15) is 31.5 Å². The Morgan fingerprint density at radius 2 is 1.74 bits per heavy atom. The van der Waals surface area contributed by atoms with E-state index in [-0.39, 0.29) is 23.7 Å². The zero-order valence-corrected chi connectivity index (χ0v) is 21.2. The Balaban J connectivity index is 1.51. The van der Waals surface area contributed by atoms with E-state index in [2.05, 4.69) is 14.7 Å². The number of amides is 1. The molecule has 0 aliphatic carbocycles. The molecule has 200 valence electrons. The molecule has 1 aliphatic heterocycles. The van der Waals surface area contributed by atoms with Gasteiger partial charge in [-0.2, -0.15) is 13.2 Å². The lowest BCUT2D eigenvalue weighted by Crippen LogP contribution is -2.39. The van der Waals surface area contributed by atoms with Crippen molar-refractivity contribution in [1.29, 1.82) is 0 Å². The number of aromatic nitrogens is 2. The van der Waals surface area contributed by atoms with E-state index in [1.54, 1.807) is 30.3 Å². The van der Waals surface area contributed by atoms with E-state index in [1.165, 1.54) is 35.4 Å². The number of sulfonamides is 1. The number of nitrogens with one attached hydrogen (secondary N) is 1. The van der Waals surface area contributed by atoms with Crippen molar-refractivity contribution in [1.82, 2.24) is 9.97 Å². The lowest BCUT2D eigenvalue weighted by molar-refractivity contribution is -0.137. The van der Waals surface area contributed by atoms with Gasteiger partial charge in [-0.3, -0.25) is 9.52 Å². The molecule has 8 nitrogen and oxygen atoms in total. The van der Waals surface area contributed by atoms with Crippen LogP contribution in [0.4, 0.5) is 24.5 Å². The first kappa shape index (κ1) is 26.2. The fraction of sp³-hybridized carbons (Fsp3) is 0.148. The highest BCUT2D eigenvalue weighted by atomic mass is 32.2. The fourth-order valence-electron chi connectivity index (χ4n) is 4.38. The van der Waals surface area contributed by atoms with E-state index in [4.69, 9.17) is 0 Å². The average molecular weight is 555 g/mol. The van der Waals surface area contributed by atoms with Crippen molar-refractivity contribution in [3.8, 4) is 28.1 Å². The maximum Gasteiger partial charge on any atom is 0.416 e. The van der Waals surface area contributed by atoms with Gasteiger partial charge in [-0.25, -0.2) is 18.4 Å². The van der Waals surface area contributed by atoms with Crippen LogP contribution >= 0.6 is 0 Å². The van der Waals surface area contributed by atoms with Gasteiger partial charge in [0.25, 0.3) is 5.91 Å². The van der Waals surface area contributed by atoms with Crippen molar-refractivity contribution >= 4 is 27.3 Å². The molecule has 1 aromatic heterocycles. The van der Waals surface area contributed by atoms with Gasteiger partial charge in [-0.05, 0) is 41.5 Å². The van der Waals surface area contributed by atoms with Crippen LogP contribution < -0.4 is 9.62 Å². The Morgan fingerprint density at radius 1 is 1.00 bits per heavy atom.